The number of carbonyl (C=O) groups is 1. The molecular formula is C23H24FN3O3. The zero-order chi connectivity index (χ0) is 21.7. The fourth-order valence-electron chi connectivity index (χ4n) is 3.03. The molecule has 0 spiro atoms. The Balaban J connectivity index is 1.56. The van der Waals surface area contributed by atoms with Gasteiger partial charge in [0.25, 0.3) is 11.5 Å². The first-order valence-corrected chi connectivity index (χ1v) is 9.65. The van der Waals surface area contributed by atoms with Crippen LogP contribution >= 0.6 is 0 Å². The number of aryl methyl sites for hydroxylation is 2. The van der Waals surface area contributed by atoms with Crippen LogP contribution in [0.25, 0.3) is 11.3 Å². The minimum absolute atomic E-state index is 0.109. The summed E-state index contributed by atoms with van der Waals surface area (Å²) in [5, 5.41) is 7.02. The standard InChI is InChI=1S/C23H24FN3O3/c1-15-12-16(2)17(3)21(13-15)30-14-22(28)25-10-11-27-23(29)9-8-20(26-27)18-4-6-19(24)7-5-18/h4-9,12-13H,10-11,14H2,1-3H3,(H,25,28). The maximum absolute atomic E-state index is 13.1. The molecular weight excluding hydrogens is 385 g/mol. The van der Waals surface area contributed by atoms with Gasteiger partial charge in [0.2, 0.25) is 0 Å². The molecule has 2 aromatic carbocycles. The molecule has 0 aliphatic rings. The van der Waals surface area contributed by atoms with Gasteiger partial charge in [-0.05, 0) is 73.9 Å². The molecule has 0 unspecified atom stereocenters. The topological polar surface area (TPSA) is 73.2 Å². The SMILES string of the molecule is Cc1cc(C)c(C)c(OCC(=O)NCCn2nc(-c3ccc(F)cc3)ccc2=O)c1. The number of aromatic nitrogens is 2. The molecule has 1 amide bonds. The van der Waals surface area contributed by atoms with Crippen molar-refractivity contribution in [3.8, 4) is 17.0 Å². The quantitative estimate of drug-likeness (QED) is 0.651. The zero-order valence-corrected chi connectivity index (χ0v) is 17.2. The second-order valence-electron chi connectivity index (χ2n) is 7.13. The van der Waals surface area contributed by atoms with Crippen LogP contribution in [0.15, 0.2) is 53.3 Å². The highest BCUT2D eigenvalue weighted by atomic mass is 19.1. The molecule has 0 aliphatic carbocycles. The van der Waals surface area contributed by atoms with Crippen molar-refractivity contribution in [2.75, 3.05) is 13.2 Å². The second kappa shape index (κ2) is 9.35. The van der Waals surface area contributed by atoms with Gasteiger partial charge in [-0.2, -0.15) is 5.10 Å². The van der Waals surface area contributed by atoms with Gasteiger partial charge in [-0.25, -0.2) is 9.07 Å². The normalized spacial score (nSPS) is 10.7. The molecule has 1 N–H and O–H groups in total. The van der Waals surface area contributed by atoms with E-state index in [2.05, 4.69) is 16.5 Å². The maximum Gasteiger partial charge on any atom is 0.266 e. The van der Waals surface area contributed by atoms with Gasteiger partial charge in [0.1, 0.15) is 11.6 Å². The van der Waals surface area contributed by atoms with Crippen LogP contribution in [0.1, 0.15) is 16.7 Å². The van der Waals surface area contributed by atoms with Gasteiger partial charge >= 0.3 is 0 Å². The molecule has 30 heavy (non-hydrogen) atoms. The van der Waals surface area contributed by atoms with Gasteiger partial charge in [-0.15, -0.1) is 0 Å². The van der Waals surface area contributed by atoms with E-state index >= 15 is 0 Å². The number of ether oxygens (including phenoxy) is 1. The van der Waals surface area contributed by atoms with Crippen LogP contribution in [0.3, 0.4) is 0 Å². The Morgan fingerprint density at radius 1 is 1.10 bits per heavy atom. The van der Waals surface area contributed by atoms with E-state index in [1.165, 1.54) is 22.9 Å². The highest BCUT2D eigenvalue weighted by molar-refractivity contribution is 5.77. The molecule has 0 radical (unpaired) electrons. The molecule has 0 atom stereocenters. The van der Waals surface area contributed by atoms with E-state index in [0.717, 1.165) is 16.7 Å². The summed E-state index contributed by atoms with van der Waals surface area (Å²) in [5.41, 5.74) is 4.15. The summed E-state index contributed by atoms with van der Waals surface area (Å²) in [6.45, 7) is 6.26. The summed E-state index contributed by atoms with van der Waals surface area (Å²) in [6, 6.07) is 12.8. The number of rotatable bonds is 7. The highest BCUT2D eigenvalue weighted by Gasteiger charge is 2.08. The summed E-state index contributed by atoms with van der Waals surface area (Å²) < 4.78 is 20.0. The van der Waals surface area contributed by atoms with E-state index in [1.54, 1.807) is 18.2 Å². The van der Waals surface area contributed by atoms with Crippen molar-refractivity contribution in [3.63, 3.8) is 0 Å². The minimum atomic E-state index is -0.340. The molecule has 3 aromatic rings. The number of amides is 1. The molecule has 0 aliphatic heterocycles. The second-order valence-corrected chi connectivity index (χ2v) is 7.13. The molecule has 0 fully saturated rings. The predicted octanol–water partition coefficient (Wildman–Crippen LogP) is 3.17. The van der Waals surface area contributed by atoms with Gasteiger partial charge in [0.15, 0.2) is 6.61 Å². The number of nitrogens with one attached hydrogen (secondary N) is 1. The number of hydrogen-bond donors (Lipinski definition) is 1. The highest BCUT2D eigenvalue weighted by Crippen LogP contribution is 2.23. The predicted molar refractivity (Wildman–Crippen MR) is 113 cm³/mol. The lowest BCUT2D eigenvalue weighted by Crippen LogP contribution is -2.34. The summed E-state index contributed by atoms with van der Waals surface area (Å²) >= 11 is 0. The third-order valence-corrected chi connectivity index (χ3v) is 4.78. The summed E-state index contributed by atoms with van der Waals surface area (Å²) in [4.78, 5) is 24.2. The van der Waals surface area contributed by atoms with E-state index in [0.29, 0.717) is 17.0 Å². The van der Waals surface area contributed by atoms with Crippen LogP contribution in [-0.4, -0.2) is 28.8 Å². The van der Waals surface area contributed by atoms with Gasteiger partial charge in [-0.3, -0.25) is 9.59 Å². The molecule has 156 valence electrons. The number of benzene rings is 2. The summed E-state index contributed by atoms with van der Waals surface area (Å²) in [7, 11) is 0. The largest absolute Gasteiger partial charge is 0.483 e. The van der Waals surface area contributed by atoms with E-state index in [1.807, 2.05) is 26.8 Å². The van der Waals surface area contributed by atoms with Crippen molar-refractivity contribution < 1.29 is 13.9 Å². The minimum Gasteiger partial charge on any atom is -0.483 e. The van der Waals surface area contributed by atoms with Crippen molar-refractivity contribution >= 4 is 5.91 Å². The van der Waals surface area contributed by atoms with Crippen LogP contribution in [0.2, 0.25) is 0 Å². The van der Waals surface area contributed by atoms with Crippen LogP contribution in [0.5, 0.6) is 5.75 Å². The van der Waals surface area contributed by atoms with Crippen LogP contribution in [0, 0.1) is 26.6 Å². The van der Waals surface area contributed by atoms with Gasteiger partial charge in [-0.1, -0.05) is 6.07 Å². The molecule has 3 rings (SSSR count). The fourth-order valence-corrected chi connectivity index (χ4v) is 3.03. The number of carbonyl (C=O) groups excluding carboxylic acids is 1. The number of nitrogens with zero attached hydrogens (tertiary/aromatic N) is 2. The summed E-state index contributed by atoms with van der Waals surface area (Å²) in [5.74, 6) is 0.0665. The van der Waals surface area contributed by atoms with Crippen molar-refractivity contribution in [2.24, 2.45) is 0 Å². The lowest BCUT2D eigenvalue weighted by molar-refractivity contribution is -0.123. The molecule has 6 nitrogen and oxygen atoms in total. The van der Waals surface area contributed by atoms with Crippen molar-refractivity contribution in [3.05, 3.63) is 81.4 Å². The lowest BCUT2D eigenvalue weighted by atomic mass is 10.1. The van der Waals surface area contributed by atoms with Crippen LogP contribution in [0.4, 0.5) is 4.39 Å². The molecule has 0 saturated carbocycles. The average molecular weight is 409 g/mol. The third-order valence-electron chi connectivity index (χ3n) is 4.78. The first-order chi connectivity index (χ1) is 14.3. The number of hydrogen-bond acceptors (Lipinski definition) is 4. The molecule has 0 bridgehead atoms. The van der Waals surface area contributed by atoms with Gasteiger partial charge in [0.05, 0.1) is 12.2 Å². The maximum atomic E-state index is 13.1. The van der Waals surface area contributed by atoms with Crippen molar-refractivity contribution in [1.82, 2.24) is 15.1 Å². The van der Waals surface area contributed by atoms with E-state index < -0.39 is 0 Å². The molecule has 1 heterocycles. The Hall–Kier alpha value is -3.48. The van der Waals surface area contributed by atoms with E-state index in [4.69, 9.17) is 4.74 Å². The van der Waals surface area contributed by atoms with E-state index in [-0.39, 0.29) is 37.0 Å². The monoisotopic (exact) mass is 409 g/mol. The Morgan fingerprint density at radius 2 is 1.83 bits per heavy atom. The van der Waals surface area contributed by atoms with Crippen LogP contribution < -0.4 is 15.6 Å². The lowest BCUT2D eigenvalue weighted by Gasteiger charge is -2.13. The van der Waals surface area contributed by atoms with Gasteiger partial charge < -0.3 is 10.1 Å². The Labute approximate surface area is 174 Å². The Kier molecular flexibility index (Phi) is 6.61. The fraction of sp³-hybridized carbons (Fsp3) is 0.261. The van der Waals surface area contributed by atoms with Crippen molar-refractivity contribution in [1.29, 1.82) is 0 Å². The van der Waals surface area contributed by atoms with Crippen LogP contribution in [-0.2, 0) is 11.3 Å². The third kappa shape index (κ3) is 5.31. The smallest absolute Gasteiger partial charge is 0.266 e. The van der Waals surface area contributed by atoms with Crippen molar-refractivity contribution in [2.45, 2.75) is 27.3 Å². The molecule has 0 saturated heterocycles. The molecule has 1 aromatic heterocycles. The van der Waals surface area contributed by atoms with E-state index in [9.17, 15) is 14.0 Å². The summed E-state index contributed by atoms with van der Waals surface area (Å²) in [6.07, 6.45) is 0. The Morgan fingerprint density at radius 3 is 2.57 bits per heavy atom. The zero-order valence-electron chi connectivity index (χ0n) is 17.2. The Bertz CT molecular complexity index is 1110. The average Bonchev–Trinajstić information content (AvgIpc) is 2.71. The molecule has 7 heteroatoms. The number of halogens is 1. The first kappa shape index (κ1) is 21.2. The van der Waals surface area contributed by atoms with Gasteiger partial charge in [0, 0.05) is 18.2 Å². The first-order valence-electron chi connectivity index (χ1n) is 9.65.